The number of carbonyl (C=O) groups is 1. The lowest BCUT2D eigenvalue weighted by Gasteiger charge is -2.46. The molecule has 6 nitrogen and oxygen atoms in total. The smallest absolute Gasteiger partial charge is 0.224 e. The zero-order valence-corrected chi connectivity index (χ0v) is 15.8. The van der Waals surface area contributed by atoms with Gasteiger partial charge in [-0.3, -0.25) is 4.79 Å². The molecule has 1 amide bonds. The topological polar surface area (TPSA) is 81.9 Å². The summed E-state index contributed by atoms with van der Waals surface area (Å²) in [6, 6.07) is 8.48. The summed E-state index contributed by atoms with van der Waals surface area (Å²) in [7, 11) is 0. The highest BCUT2D eigenvalue weighted by molar-refractivity contribution is 5.94. The van der Waals surface area contributed by atoms with E-state index in [1.54, 1.807) is 13.1 Å². The summed E-state index contributed by atoms with van der Waals surface area (Å²) >= 11 is 0. The van der Waals surface area contributed by atoms with E-state index in [1.165, 1.54) is 19.0 Å². The van der Waals surface area contributed by atoms with Crippen LogP contribution in [0.25, 0.3) is 0 Å². The van der Waals surface area contributed by atoms with Crippen LogP contribution in [0.3, 0.4) is 0 Å². The first kappa shape index (κ1) is 17.5. The van der Waals surface area contributed by atoms with Crippen LogP contribution in [-0.2, 0) is 4.79 Å². The second kappa shape index (κ2) is 6.66. The van der Waals surface area contributed by atoms with Crippen molar-refractivity contribution in [3.8, 4) is 6.07 Å². The van der Waals surface area contributed by atoms with Crippen molar-refractivity contribution in [2.24, 2.45) is 11.8 Å². The number of hydrogen-bond acceptors (Lipinski definition) is 5. The SMILES string of the molecule is CC(=O)N1c2ccc(C)cc2C(Nc2cnc(C#N)cn2)[C@@H](C)[C@@H]1C1CC1. The third-order valence-corrected chi connectivity index (χ3v) is 5.65. The lowest BCUT2D eigenvalue weighted by atomic mass is 9.79. The third-order valence-electron chi connectivity index (χ3n) is 5.65. The number of aromatic nitrogens is 2. The van der Waals surface area contributed by atoms with Gasteiger partial charge in [-0.05, 0) is 37.3 Å². The van der Waals surface area contributed by atoms with Gasteiger partial charge in [0.15, 0.2) is 5.69 Å². The highest BCUT2D eigenvalue weighted by atomic mass is 16.2. The summed E-state index contributed by atoms with van der Waals surface area (Å²) in [6.07, 6.45) is 5.42. The van der Waals surface area contributed by atoms with Crippen LogP contribution in [0.2, 0.25) is 0 Å². The van der Waals surface area contributed by atoms with Gasteiger partial charge >= 0.3 is 0 Å². The molecule has 1 aliphatic carbocycles. The maximum absolute atomic E-state index is 12.5. The molecule has 0 saturated heterocycles. The lowest BCUT2D eigenvalue weighted by molar-refractivity contribution is -0.117. The zero-order valence-electron chi connectivity index (χ0n) is 15.8. The molecule has 27 heavy (non-hydrogen) atoms. The van der Waals surface area contributed by atoms with Crippen molar-refractivity contribution in [2.75, 3.05) is 10.2 Å². The molecular weight excluding hydrogens is 338 g/mol. The molecule has 1 aromatic carbocycles. The molecule has 0 spiro atoms. The largest absolute Gasteiger partial charge is 0.362 e. The van der Waals surface area contributed by atoms with Crippen LogP contribution >= 0.6 is 0 Å². The molecule has 1 N–H and O–H groups in total. The fraction of sp³-hybridized carbons (Fsp3) is 0.429. The number of nitrogens with one attached hydrogen (secondary N) is 1. The van der Waals surface area contributed by atoms with E-state index in [0.29, 0.717) is 17.4 Å². The Kier molecular flexibility index (Phi) is 4.31. The van der Waals surface area contributed by atoms with Gasteiger partial charge in [0.25, 0.3) is 0 Å². The van der Waals surface area contributed by atoms with Crippen LogP contribution < -0.4 is 10.2 Å². The maximum atomic E-state index is 12.5. The molecule has 2 aromatic rings. The Balaban J connectivity index is 1.77. The molecule has 2 heterocycles. The Hall–Kier alpha value is -2.94. The molecule has 1 fully saturated rings. The number of nitriles is 1. The van der Waals surface area contributed by atoms with Gasteiger partial charge in [-0.15, -0.1) is 0 Å². The molecule has 138 valence electrons. The number of aryl methyl sites for hydroxylation is 1. The maximum Gasteiger partial charge on any atom is 0.224 e. The summed E-state index contributed by atoms with van der Waals surface area (Å²) in [5.74, 6) is 1.52. The van der Waals surface area contributed by atoms with E-state index in [9.17, 15) is 4.79 Å². The number of benzene rings is 1. The Bertz CT molecular complexity index is 913. The number of carbonyl (C=O) groups excluding carboxylic acids is 1. The first-order valence-corrected chi connectivity index (χ1v) is 9.38. The average Bonchev–Trinajstić information content (AvgIpc) is 3.48. The van der Waals surface area contributed by atoms with E-state index in [1.807, 2.05) is 11.0 Å². The Morgan fingerprint density at radius 2 is 2.07 bits per heavy atom. The van der Waals surface area contributed by atoms with Gasteiger partial charge in [-0.2, -0.15) is 5.26 Å². The van der Waals surface area contributed by atoms with Crippen LogP contribution in [0, 0.1) is 30.1 Å². The van der Waals surface area contributed by atoms with E-state index >= 15 is 0 Å². The number of nitrogens with zero attached hydrogens (tertiary/aromatic N) is 4. The van der Waals surface area contributed by atoms with E-state index in [4.69, 9.17) is 5.26 Å². The van der Waals surface area contributed by atoms with Crippen molar-refractivity contribution in [3.63, 3.8) is 0 Å². The minimum absolute atomic E-state index is 0.0309. The van der Waals surface area contributed by atoms with E-state index in [-0.39, 0.29) is 23.9 Å². The summed E-state index contributed by atoms with van der Waals surface area (Å²) in [5, 5.41) is 12.4. The van der Waals surface area contributed by atoms with Crippen molar-refractivity contribution >= 4 is 17.4 Å². The Morgan fingerprint density at radius 1 is 1.30 bits per heavy atom. The fourth-order valence-corrected chi connectivity index (χ4v) is 4.30. The number of amides is 1. The van der Waals surface area contributed by atoms with Crippen molar-refractivity contribution < 1.29 is 4.79 Å². The second-order valence-electron chi connectivity index (χ2n) is 7.66. The second-order valence-corrected chi connectivity index (χ2v) is 7.66. The van der Waals surface area contributed by atoms with E-state index < -0.39 is 0 Å². The van der Waals surface area contributed by atoms with E-state index in [0.717, 1.165) is 16.8 Å². The summed E-state index contributed by atoms with van der Waals surface area (Å²) in [6.45, 7) is 5.93. The molecule has 1 aromatic heterocycles. The van der Waals surface area contributed by atoms with Crippen molar-refractivity contribution in [1.29, 1.82) is 5.26 Å². The van der Waals surface area contributed by atoms with Gasteiger partial charge in [0.05, 0.1) is 18.4 Å². The van der Waals surface area contributed by atoms with Crippen LogP contribution in [0.5, 0.6) is 0 Å². The molecule has 6 heteroatoms. The molecule has 0 radical (unpaired) electrons. The molecule has 0 bridgehead atoms. The summed E-state index contributed by atoms with van der Waals surface area (Å²) < 4.78 is 0. The quantitative estimate of drug-likeness (QED) is 0.903. The monoisotopic (exact) mass is 361 g/mol. The predicted octanol–water partition coefficient (Wildman–Crippen LogP) is 3.59. The lowest BCUT2D eigenvalue weighted by Crippen LogP contribution is -2.51. The third kappa shape index (κ3) is 3.14. The predicted molar refractivity (Wildman–Crippen MR) is 103 cm³/mol. The summed E-state index contributed by atoms with van der Waals surface area (Å²) in [5.41, 5.74) is 3.56. The number of hydrogen-bond donors (Lipinski definition) is 1. The van der Waals surface area contributed by atoms with Gasteiger partial charge in [0, 0.05) is 24.6 Å². The normalized spacial score (nSPS) is 24.1. The Morgan fingerprint density at radius 3 is 2.67 bits per heavy atom. The number of fused-ring (bicyclic) bond motifs is 1. The highest BCUT2D eigenvalue weighted by Crippen LogP contribution is 2.50. The molecule has 1 unspecified atom stereocenters. The van der Waals surface area contributed by atoms with Gasteiger partial charge in [-0.25, -0.2) is 9.97 Å². The van der Waals surface area contributed by atoms with Crippen LogP contribution in [0.1, 0.15) is 49.6 Å². The average molecular weight is 361 g/mol. The first-order valence-electron chi connectivity index (χ1n) is 9.38. The highest BCUT2D eigenvalue weighted by Gasteiger charge is 2.47. The van der Waals surface area contributed by atoms with Gasteiger partial charge in [0.2, 0.25) is 5.91 Å². The molecule has 2 aliphatic rings. The summed E-state index contributed by atoms with van der Waals surface area (Å²) in [4.78, 5) is 23.0. The first-order chi connectivity index (χ1) is 13.0. The van der Waals surface area contributed by atoms with Crippen molar-refractivity contribution in [1.82, 2.24) is 9.97 Å². The van der Waals surface area contributed by atoms with Gasteiger partial charge < -0.3 is 10.2 Å². The van der Waals surface area contributed by atoms with Crippen LogP contribution in [0.4, 0.5) is 11.5 Å². The van der Waals surface area contributed by atoms with Gasteiger partial charge in [-0.1, -0.05) is 24.6 Å². The van der Waals surface area contributed by atoms with Crippen LogP contribution in [-0.4, -0.2) is 21.9 Å². The standard InChI is InChI=1S/C21H23N5O/c1-12-4-7-18-17(8-12)20(25-19-11-23-16(9-22)10-24-19)13(2)21(15-5-6-15)26(18)14(3)27/h4,7-8,10-11,13,15,20-21H,5-6H2,1-3H3,(H,24,25)/t13-,20?,21-/m1/s1. The van der Waals surface area contributed by atoms with Crippen LogP contribution in [0.15, 0.2) is 30.6 Å². The minimum Gasteiger partial charge on any atom is -0.362 e. The fourth-order valence-electron chi connectivity index (χ4n) is 4.30. The molecule has 4 rings (SSSR count). The Labute approximate surface area is 159 Å². The zero-order chi connectivity index (χ0) is 19.1. The van der Waals surface area contributed by atoms with E-state index in [2.05, 4.69) is 47.3 Å². The van der Waals surface area contributed by atoms with Crippen molar-refractivity contribution in [3.05, 3.63) is 47.4 Å². The molecule has 1 aliphatic heterocycles. The molecule has 3 atom stereocenters. The molecule has 1 saturated carbocycles. The number of rotatable bonds is 3. The molecular formula is C21H23N5O. The van der Waals surface area contributed by atoms with Gasteiger partial charge in [0.1, 0.15) is 11.9 Å². The van der Waals surface area contributed by atoms with Crippen molar-refractivity contribution in [2.45, 2.75) is 45.7 Å². The minimum atomic E-state index is 0.0309. The number of anilines is 2.